The number of hydrogen-bond acceptors (Lipinski definition) is 2. The molecule has 4 bridgehead atoms. The molecular weight excluding hydrogens is 380 g/mol. The Kier molecular flexibility index (Phi) is 3.75. The summed E-state index contributed by atoms with van der Waals surface area (Å²) < 4.78 is 6.11. The molecule has 0 spiro atoms. The second-order valence-electron chi connectivity index (χ2n) is 10.7. The quantitative estimate of drug-likeness (QED) is 0.463. The molecule has 1 atom stereocenters. The molecule has 4 aliphatic carbocycles. The van der Waals surface area contributed by atoms with Gasteiger partial charge in [-0.1, -0.05) is 54.6 Å². The first-order valence-corrected chi connectivity index (χ1v) is 12.0. The van der Waals surface area contributed by atoms with Crippen molar-refractivity contribution in [2.75, 3.05) is 0 Å². The molecule has 1 aliphatic heterocycles. The Balaban J connectivity index is 1.23. The maximum atomic E-state index is 12.9. The zero-order valence-corrected chi connectivity index (χ0v) is 17.8. The molecular formula is C29H28O2. The third-order valence-electron chi connectivity index (χ3n) is 8.75. The van der Waals surface area contributed by atoms with Gasteiger partial charge in [-0.15, -0.1) is 0 Å². The first kappa shape index (κ1) is 18.0. The summed E-state index contributed by atoms with van der Waals surface area (Å²) in [5.74, 6) is 3.83. The van der Waals surface area contributed by atoms with Gasteiger partial charge in [-0.3, -0.25) is 4.79 Å². The van der Waals surface area contributed by atoms with Crippen LogP contribution < -0.4 is 4.74 Å². The number of rotatable bonds is 3. The summed E-state index contributed by atoms with van der Waals surface area (Å²) in [4.78, 5) is 12.9. The van der Waals surface area contributed by atoms with Gasteiger partial charge in [0.05, 0.1) is 0 Å². The molecule has 4 fully saturated rings. The third kappa shape index (κ3) is 2.73. The van der Waals surface area contributed by atoms with Gasteiger partial charge in [-0.2, -0.15) is 0 Å². The lowest BCUT2D eigenvalue weighted by Gasteiger charge is -2.57. The normalized spacial score (nSPS) is 32.8. The van der Waals surface area contributed by atoms with Crippen molar-refractivity contribution < 1.29 is 9.53 Å². The second kappa shape index (κ2) is 6.45. The molecule has 2 heteroatoms. The molecule has 2 nitrogen and oxygen atoms in total. The van der Waals surface area contributed by atoms with Gasteiger partial charge in [0.25, 0.3) is 0 Å². The van der Waals surface area contributed by atoms with Crippen LogP contribution in [0, 0.1) is 17.8 Å². The zero-order chi connectivity index (χ0) is 20.6. The number of benzene rings is 3. The van der Waals surface area contributed by atoms with Crippen LogP contribution in [0.15, 0.2) is 60.7 Å². The zero-order valence-electron chi connectivity index (χ0n) is 17.8. The molecule has 31 heavy (non-hydrogen) atoms. The SMILES string of the molecule is O=C(c1ccccc1)C1Cc2c(ccc3cc(C45CC6CC(CC(C6)C4)C5)ccc23)O1. The summed E-state index contributed by atoms with van der Waals surface area (Å²) in [6, 6.07) is 21.0. The predicted octanol–water partition coefficient (Wildman–Crippen LogP) is 6.49. The fourth-order valence-corrected chi connectivity index (χ4v) is 7.80. The Morgan fingerprint density at radius 1 is 0.839 bits per heavy atom. The van der Waals surface area contributed by atoms with E-state index < -0.39 is 6.10 Å². The van der Waals surface area contributed by atoms with E-state index in [2.05, 4.69) is 30.3 Å². The first-order chi connectivity index (χ1) is 15.2. The highest BCUT2D eigenvalue weighted by atomic mass is 16.5. The lowest BCUT2D eigenvalue weighted by Crippen LogP contribution is -2.48. The molecule has 0 saturated heterocycles. The van der Waals surface area contributed by atoms with Crippen molar-refractivity contribution in [2.45, 2.75) is 56.5 Å². The topological polar surface area (TPSA) is 26.3 Å². The highest BCUT2D eigenvalue weighted by Crippen LogP contribution is 2.61. The lowest BCUT2D eigenvalue weighted by molar-refractivity contribution is -0.00513. The smallest absolute Gasteiger partial charge is 0.203 e. The third-order valence-corrected chi connectivity index (χ3v) is 8.75. The van der Waals surface area contributed by atoms with Crippen LogP contribution in [0.4, 0.5) is 0 Å². The van der Waals surface area contributed by atoms with E-state index in [1.54, 1.807) is 5.56 Å². The van der Waals surface area contributed by atoms with Crippen molar-refractivity contribution in [3.8, 4) is 5.75 Å². The van der Waals surface area contributed by atoms with Crippen LogP contribution in [0.2, 0.25) is 0 Å². The number of Topliss-reactive ketones (excluding diaryl/α,β-unsaturated/α-hetero) is 1. The monoisotopic (exact) mass is 408 g/mol. The summed E-state index contributed by atoms with van der Waals surface area (Å²) in [6.45, 7) is 0. The van der Waals surface area contributed by atoms with Gasteiger partial charge in [0.2, 0.25) is 5.78 Å². The van der Waals surface area contributed by atoms with Crippen molar-refractivity contribution in [1.29, 1.82) is 0 Å². The summed E-state index contributed by atoms with van der Waals surface area (Å²) in [6.07, 6.45) is 8.88. The Morgan fingerprint density at radius 2 is 1.55 bits per heavy atom. The minimum atomic E-state index is -0.411. The Hall–Kier alpha value is -2.61. The van der Waals surface area contributed by atoms with Crippen molar-refractivity contribution in [2.24, 2.45) is 17.8 Å². The molecule has 3 aromatic carbocycles. The largest absolute Gasteiger partial charge is 0.482 e. The Labute approximate surface area is 183 Å². The highest BCUT2D eigenvalue weighted by molar-refractivity contribution is 6.01. The molecule has 4 saturated carbocycles. The number of fused-ring (bicyclic) bond motifs is 3. The van der Waals surface area contributed by atoms with E-state index in [9.17, 15) is 4.79 Å². The highest BCUT2D eigenvalue weighted by Gasteiger charge is 2.51. The van der Waals surface area contributed by atoms with Crippen LogP contribution in [-0.4, -0.2) is 11.9 Å². The van der Waals surface area contributed by atoms with E-state index in [4.69, 9.17) is 4.74 Å². The molecule has 8 rings (SSSR count). The van der Waals surface area contributed by atoms with Crippen molar-refractivity contribution >= 4 is 16.6 Å². The van der Waals surface area contributed by atoms with Crippen LogP contribution in [0.3, 0.4) is 0 Å². The Bertz CT molecular complexity index is 1160. The maximum Gasteiger partial charge on any atom is 0.203 e. The molecule has 1 heterocycles. The predicted molar refractivity (Wildman–Crippen MR) is 123 cm³/mol. The molecule has 1 unspecified atom stereocenters. The van der Waals surface area contributed by atoms with Crippen molar-refractivity contribution in [3.05, 3.63) is 77.4 Å². The standard InChI is InChI=1S/C29H28O2/c30-28(21-4-2-1-3-5-21)27-14-25-24-8-7-23(13-22(24)6-9-26(25)31-27)29-15-18-10-19(16-29)12-20(11-18)17-29/h1-9,13,18-20,27H,10-12,14-17H2. The second-order valence-corrected chi connectivity index (χ2v) is 10.7. The number of ketones is 1. The van der Waals surface area contributed by atoms with Gasteiger partial charge >= 0.3 is 0 Å². The molecule has 3 aromatic rings. The van der Waals surface area contributed by atoms with Gasteiger partial charge in [-0.05, 0) is 84.1 Å². The minimum Gasteiger partial charge on any atom is -0.482 e. The number of ether oxygens (including phenoxy) is 1. The van der Waals surface area contributed by atoms with E-state index in [1.807, 2.05) is 30.3 Å². The Morgan fingerprint density at radius 3 is 2.26 bits per heavy atom. The van der Waals surface area contributed by atoms with E-state index >= 15 is 0 Å². The fraction of sp³-hybridized carbons (Fsp3) is 0.414. The molecule has 156 valence electrons. The molecule has 0 aromatic heterocycles. The first-order valence-electron chi connectivity index (χ1n) is 12.0. The summed E-state index contributed by atoms with van der Waals surface area (Å²) >= 11 is 0. The number of hydrogen-bond donors (Lipinski definition) is 0. The van der Waals surface area contributed by atoms with Gasteiger partial charge in [-0.25, -0.2) is 0 Å². The number of carbonyl (C=O) groups is 1. The molecule has 0 amide bonds. The van der Waals surface area contributed by atoms with Crippen LogP contribution in [0.5, 0.6) is 5.75 Å². The van der Waals surface area contributed by atoms with Gasteiger partial charge in [0, 0.05) is 17.5 Å². The summed E-state index contributed by atoms with van der Waals surface area (Å²) in [5.41, 5.74) is 3.91. The van der Waals surface area contributed by atoms with E-state index in [-0.39, 0.29) is 5.78 Å². The lowest BCUT2D eigenvalue weighted by atomic mass is 9.48. The van der Waals surface area contributed by atoms with Gasteiger partial charge in [0.15, 0.2) is 6.10 Å². The average molecular weight is 409 g/mol. The molecule has 0 N–H and O–H groups in total. The van der Waals surface area contributed by atoms with E-state index in [1.165, 1.54) is 54.9 Å². The number of carbonyl (C=O) groups excluding carboxylic acids is 1. The van der Waals surface area contributed by atoms with E-state index in [0.29, 0.717) is 11.8 Å². The van der Waals surface area contributed by atoms with Crippen molar-refractivity contribution in [3.63, 3.8) is 0 Å². The van der Waals surface area contributed by atoms with Crippen LogP contribution in [-0.2, 0) is 11.8 Å². The van der Waals surface area contributed by atoms with Crippen molar-refractivity contribution in [1.82, 2.24) is 0 Å². The van der Waals surface area contributed by atoms with Gasteiger partial charge < -0.3 is 4.74 Å². The van der Waals surface area contributed by atoms with E-state index in [0.717, 1.165) is 29.1 Å². The fourth-order valence-electron chi connectivity index (χ4n) is 7.80. The summed E-state index contributed by atoms with van der Waals surface area (Å²) in [5, 5.41) is 2.57. The maximum absolute atomic E-state index is 12.9. The summed E-state index contributed by atoms with van der Waals surface area (Å²) in [7, 11) is 0. The molecule has 5 aliphatic rings. The minimum absolute atomic E-state index is 0.0788. The average Bonchev–Trinajstić information content (AvgIpc) is 3.23. The van der Waals surface area contributed by atoms with Crippen LogP contribution in [0.25, 0.3) is 10.8 Å². The van der Waals surface area contributed by atoms with Crippen LogP contribution in [0.1, 0.15) is 60.0 Å². The molecule has 0 radical (unpaired) electrons. The van der Waals surface area contributed by atoms with Crippen LogP contribution >= 0.6 is 0 Å². The van der Waals surface area contributed by atoms with Gasteiger partial charge in [0.1, 0.15) is 5.75 Å².